The van der Waals surface area contributed by atoms with E-state index in [1.165, 1.54) is 0 Å². The summed E-state index contributed by atoms with van der Waals surface area (Å²) in [6.45, 7) is 1.11. The third kappa shape index (κ3) is 3.74. The lowest BCUT2D eigenvalue weighted by Crippen LogP contribution is -2.43. The van der Waals surface area contributed by atoms with Crippen molar-refractivity contribution in [2.45, 2.75) is 32.0 Å². The minimum absolute atomic E-state index is 0.114. The molecule has 1 aliphatic heterocycles. The fraction of sp³-hybridized carbons (Fsp3) is 0.263. The van der Waals surface area contributed by atoms with Gasteiger partial charge < -0.3 is 16.0 Å². The van der Waals surface area contributed by atoms with Crippen LogP contribution in [-0.2, 0) is 17.9 Å². The first-order valence-electron chi connectivity index (χ1n) is 8.13. The molecule has 0 unspecified atom stereocenters. The van der Waals surface area contributed by atoms with Crippen molar-refractivity contribution in [3.8, 4) is 0 Å². The number of hydrogen-bond acceptors (Lipinski definition) is 3. The van der Waals surface area contributed by atoms with Crippen molar-refractivity contribution in [3.63, 3.8) is 0 Å². The molecule has 1 aliphatic rings. The van der Waals surface area contributed by atoms with Crippen molar-refractivity contribution in [1.82, 2.24) is 10.2 Å². The van der Waals surface area contributed by atoms with Crippen LogP contribution in [0.15, 0.2) is 54.6 Å². The van der Waals surface area contributed by atoms with Crippen LogP contribution in [0.3, 0.4) is 0 Å². The summed E-state index contributed by atoms with van der Waals surface area (Å²) in [5.74, 6) is 0.511. The summed E-state index contributed by atoms with van der Waals surface area (Å²) in [6.07, 6.45) is 1.20. The van der Waals surface area contributed by atoms with Crippen molar-refractivity contribution in [2.75, 3.05) is 5.73 Å². The Labute approximate surface area is 142 Å². The van der Waals surface area contributed by atoms with Crippen LogP contribution in [0.2, 0.25) is 0 Å². The summed E-state index contributed by atoms with van der Waals surface area (Å²) in [4.78, 5) is 14.0. The molecule has 1 heterocycles. The van der Waals surface area contributed by atoms with E-state index < -0.39 is 0 Å². The molecule has 1 fully saturated rings. The van der Waals surface area contributed by atoms with Crippen molar-refractivity contribution < 1.29 is 4.79 Å². The van der Waals surface area contributed by atoms with Crippen LogP contribution in [0.4, 0.5) is 5.69 Å². The number of anilines is 1. The Balaban J connectivity index is 1.62. The molecule has 3 rings (SSSR count). The monoisotopic (exact) mass is 322 g/mol. The van der Waals surface area contributed by atoms with Gasteiger partial charge in [0.15, 0.2) is 0 Å². The summed E-state index contributed by atoms with van der Waals surface area (Å²) in [6, 6.07) is 17.3. The zero-order valence-electron chi connectivity index (χ0n) is 13.5. The molecule has 1 amide bonds. The van der Waals surface area contributed by atoms with Gasteiger partial charge in [0, 0.05) is 25.2 Å². The molecule has 1 atom stereocenters. The van der Waals surface area contributed by atoms with Crippen LogP contribution in [0.1, 0.15) is 24.0 Å². The van der Waals surface area contributed by atoms with Crippen LogP contribution >= 0.6 is 0 Å². The molecule has 0 radical (unpaired) electrons. The van der Waals surface area contributed by atoms with Crippen molar-refractivity contribution >= 4 is 17.4 Å². The second-order valence-electron chi connectivity index (χ2n) is 6.07. The maximum atomic E-state index is 12.2. The minimum Gasteiger partial charge on any atom is -0.399 e. The topological polar surface area (TPSA) is 82.2 Å². The van der Waals surface area contributed by atoms with Crippen LogP contribution in [-0.4, -0.2) is 22.7 Å². The van der Waals surface area contributed by atoms with E-state index in [9.17, 15) is 4.79 Å². The SMILES string of the molecule is N=C(NCc1ccc(N)cc1)[C@@H]1CCC(=O)N1Cc1ccccc1. The molecule has 0 bridgehead atoms. The third-order valence-electron chi connectivity index (χ3n) is 4.32. The summed E-state index contributed by atoms with van der Waals surface area (Å²) in [5, 5.41) is 11.5. The Bertz CT molecular complexity index is 712. The lowest BCUT2D eigenvalue weighted by atomic mass is 10.1. The largest absolute Gasteiger partial charge is 0.399 e. The van der Waals surface area contributed by atoms with Crippen LogP contribution < -0.4 is 11.1 Å². The van der Waals surface area contributed by atoms with E-state index >= 15 is 0 Å². The first-order chi connectivity index (χ1) is 11.6. The van der Waals surface area contributed by atoms with E-state index in [-0.39, 0.29) is 11.9 Å². The van der Waals surface area contributed by atoms with Crippen LogP contribution in [0, 0.1) is 5.41 Å². The molecule has 24 heavy (non-hydrogen) atoms. The highest BCUT2D eigenvalue weighted by Gasteiger charge is 2.33. The van der Waals surface area contributed by atoms with Gasteiger partial charge in [0.1, 0.15) is 5.84 Å². The van der Waals surface area contributed by atoms with E-state index in [1.807, 2.05) is 54.6 Å². The lowest BCUT2D eigenvalue weighted by Gasteiger charge is -2.26. The third-order valence-corrected chi connectivity index (χ3v) is 4.32. The number of hydrogen-bond donors (Lipinski definition) is 3. The molecule has 2 aromatic rings. The Morgan fingerprint density at radius 3 is 2.54 bits per heavy atom. The van der Waals surface area contributed by atoms with E-state index in [0.29, 0.717) is 31.8 Å². The second-order valence-corrected chi connectivity index (χ2v) is 6.07. The second kappa shape index (κ2) is 7.17. The van der Waals surface area contributed by atoms with Gasteiger partial charge in [-0.05, 0) is 29.7 Å². The summed E-state index contributed by atoms with van der Waals surface area (Å²) < 4.78 is 0. The highest BCUT2D eigenvalue weighted by molar-refractivity contribution is 5.92. The molecular formula is C19H22N4O. The first kappa shape index (κ1) is 16.1. The summed E-state index contributed by atoms with van der Waals surface area (Å²) in [7, 11) is 0. The van der Waals surface area contributed by atoms with Gasteiger partial charge in [-0.25, -0.2) is 0 Å². The van der Waals surface area contributed by atoms with Gasteiger partial charge in [0.2, 0.25) is 5.91 Å². The molecular weight excluding hydrogens is 300 g/mol. The standard InChI is InChI=1S/C19H22N4O/c20-16-8-6-14(7-9-16)12-22-19(21)17-10-11-18(24)23(17)13-15-4-2-1-3-5-15/h1-9,17H,10-13,20H2,(H2,21,22)/t17-/m0/s1. The van der Waals surface area contributed by atoms with E-state index in [4.69, 9.17) is 11.1 Å². The van der Waals surface area contributed by atoms with Gasteiger partial charge in [-0.3, -0.25) is 10.2 Å². The smallest absolute Gasteiger partial charge is 0.223 e. The van der Waals surface area contributed by atoms with E-state index in [2.05, 4.69) is 5.32 Å². The highest BCUT2D eigenvalue weighted by Crippen LogP contribution is 2.22. The summed E-state index contributed by atoms with van der Waals surface area (Å²) >= 11 is 0. The van der Waals surface area contributed by atoms with Crippen molar-refractivity contribution in [2.24, 2.45) is 0 Å². The number of nitrogen functional groups attached to an aromatic ring is 1. The number of rotatable bonds is 5. The molecule has 0 aromatic heterocycles. The molecule has 0 aliphatic carbocycles. The van der Waals surface area contributed by atoms with Crippen molar-refractivity contribution in [3.05, 3.63) is 65.7 Å². The number of nitrogens with two attached hydrogens (primary N) is 1. The van der Waals surface area contributed by atoms with Crippen LogP contribution in [0.5, 0.6) is 0 Å². The fourth-order valence-electron chi connectivity index (χ4n) is 2.96. The zero-order chi connectivity index (χ0) is 16.9. The molecule has 5 nitrogen and oxygen atoms in total. The van der Waals surface area contributed by atoms with Gasteiger partial charge in [0.25, 0.3) is 0 Å². The first-order valence-corrected chi connectivity index (χ1v) is 8.13. The van der Waals surface area contributed by atoms with Gasteiger partial charge >= 0.3 is 0 Å². The quantitative estimate of drug-likeness (QED) is 0.449. The average molecular weight is 322 g/mol. The lowest BCUT2D eigenvalue weighted by molar-refractivity contribution is -0.128. The molecule has 4 N–H and O–H groups in total. The molecule has 124 valence electrons. The molecule has 5 heteroatoms. The van der Waals surface area contributed by atoms with Gasteiger partial charge in [-0.15, -0.1) is 0 Å². The molecule has 0 spiro atoms. The number of amidine groups is 1. The summed E-state index contributed by atoms with van der Waals surface area (Å²) in [5.41, 5.74) is 8.56. The Morgan fingerprint density at radius 1 is 1.12 bits per heavy atom. The number of benzene rings is 2. The maximum Gasteiger partial charge on any atom is 0.223 e. The molecule has 0 saturated carbocycles. The van der Waals surface area contributed by atoms with Gasteiger partial charge in [0.05, 0.1) is 6.04 Å². The molecule has 1 saturated heterocycles. The number of amides is 1. The van der Waals surface area contributed by atoms with Crippen LogP contribution in [0.25, 0.3) is 0 Å². The van der Waals surface area contributed by atoms with Gasteiger partial charge in [-0.1, -0.05) is 42.5 Å². The zero-order valence-corrected chi connectivity index (χ0v) is 13.5. The normalized spacial score (nSPS) is 17.1. The predicted molar refractivity (Wildman–Crippen MR) is 95.4 cm³/mol. The van der Waals surface area contributed by atoms with Gasteiger partial charge in [-0.2, -0.15) is 0 Å². The van der Waals surface area contributed by atoms with E-state index in [0.717, 1.165) is 16.8 Å². The predicted octanol–water partition coefficient (Wildman–Crippen LogP) is 2.53. The number of carbonyl (C=O) groups is 1. The maximum absolute atomic E-state index is 12.2. The Morgan fingerprint density at radius 2 is 1.83 bits per heavy atom. The number of carbonyl (C=O) groups excluding carboxylic acids is 1. The fourth-order valence-corrected chi connectivity index (χ4v) is 2.96. The van der Waals surface area contributed by atoms with E-state index in [1.54, 1.807) is 4.90 Å². The Kier molecular flexibility index (Phi) is 4.79. The number of likely N-dealkylation sites (tertiary alicyclic amines) is 1. The number of nitrogens with one attached hydrogen (secondary N) is 2. The Hall–Kier alpha value is -2.82. The average Bonchev–Trinajstić information content (AvgIpc) is 2.96. The highest BCUT2D eigenvalue weighted by atomic mass is 16.2. The molecule has 2 aromatic carbocycles. The minimum atomic E-state index is -0.175. The number of nitrogens with zero attached hydrogens (tertiary/aromatic N) is 1. The van der Waals surface area contributed by atoms with Crippen molar-refractivity contribution in [1.29, 1.82) is 5.41 Å².